The van der Waals surface area contributed by atoms with Gasteiger partial charge in [0.15, 0.2) is 0 Å². The number of hydrogen-bond donors (Lipinski definition) is 0. The maximum atomic E-state index is 13.3. The molecule has 0 radical (unpaired) electrons. The van der Waals surface area contributed by atoms with Crippen molar-refractivity contribution in [2.45, 2.75) is 0 Å². The topological polar surface area (TPSA) is 0 Å². The highest BCUT2D eigenvalue weighted by Crippen LogP contribution is 2.38. The highest BCUT2D eigenvalue weighted by Gasteiger charge is 2.09. The van der Waals surface area contributed by atoms with Crippen LogP contribution < -0.4 is 0 Å². The van der Waals surface area contributed by atoms with Crippen molar-refractivity contribution in [3.8, 4) is 10.4 Å². The molecule has 1 aromatic carbocycles. The van der Waals surface area contributed by atoms with Crippen LogP contribution in [-0.4, -0.2) is 0 Å². The van der Waals surface area contributed by atoms with Gasteiger partial charge in [-0.05, 0) is 12.1 Å². The van der Waals surface area contributed by atoms with Crippen molar-refractivity contribution in [3.05, 3.63) is 45.5 Å². The van der Waals surface area contributed by atoms with Crippen LogP contribution in [0.4, 0.5) is 4.39 Å². The minimum absolute atomic E-state index is 0.262. The Bertz CT molecular complexity index is 445. The number of rotatable bonds is 1. The van der Waals surface area contributed by atoms with Gasteiger partial charge in [0.2, 0.25) is 0 Å². The van der Waals surface area contributed by atoms with E-state index in [2.05, 4.69) is 0 Å². The average Bonchev–Trinajstić information content (AvgIpc) is 2.48. The van der Waals surface area contributed by atoms with E-state index in [-0.39, 0.29) is 5.82 Å². The highest BCUT2D eigenvalue weighted by molar-refractivity contribution is 7.20. The molecular weight excluding hydrogens is 242 g/mol. The van der Waals surface area contributed by atoms with E-state index in [9.17, 15) is 4.39 Å². The molecule has 14 heavy (non-hydrogen) atoms. The zero-order valence-electron chi connectivity index (χ0n) is 6.93. The lowest BCUT2D eigenvalue weighted by Crippen LogP contribution is -1.78. The summed E-state index contributed by atoms with van der Waals surface area (Å²) in [5.74, 6) is -0.262. The zero-order chi connectivity index (χ0) is 10.1. The molecule has 0 saturated heterocycles. The fourth-order valence-electron chi connectivity index (χ4n) is 1.14. The van der Waals surface area contributed by atoms with Gasteiger partial charge in [-0.2, -0.15) is 0 Å². The molecule has 0 unspecified atom stereocenters. The standard InChI is InChI=1S/C10H5Cl2FS/c11-7-5-9(14-10(7)12)6-3-1-2-4-8(6)13/h1-5H. The minimum atomic E-state index is -0.262. The van der Waals surface area contributed by atoms with Crippen LogP contribution in [0, 0.1) is 5.82 Å². The fraction of sp³-hybridized carbons (Fsp3) is 0. The molecule has 2 aromatic rings. The number of thiophene rings is 1. The summed E-state index contributed by atoms with van der Waals surface area (Å²) in [6, 6.07) is 8.22. The second-order valence-electron chi connectivity index (χ2n) is 2.71. The molecule has 1 aromatic heterocycles. The van der Waals surface area contributed by atoms with E-state index < -0.39 is 0 Å². The van der Waals surface area contributed by atoms with Crippen LogP contribution in [-0.2, 0) is 0 Å². The summed E-state index contributed by atoms with van der Waals surface area (Å²) >= 11 is 12.9. The van der Waals surface area contributed by atoms with Gasteiger partial charge in [0, 0.05) is 10.4 Å². The lowest BCUT2D eigenvalue weighted by atomic mass is 10.2. The molecule has 0 bridgehead atoms. The zero-order valence-corrected chi connectivity index (χ0v) is 9.26. The molecule has 0 aliphatic rings. The quantitative estimate of drug-likeness (QED) is 0.674. The molecule has 0 amide bonds. The first-order valence-corrected chi connectivity index (χ1v) is 5.45. The van der Waals surface area contributed by atoms with E-state index in [0.29, 0.717) is 14.9 Å². The Hall–Kier alpha value is -0.570. The van der Waals surface area contributed by atoms with Gasteiger partial charge < -0.3 is 0 Å². The predicted octanol–water partition coefficient (Wildman–Crippen LogP) is 4.86. The Morgan fingerprint density at radius 1 is 1.14 bits per heavy atom. The van der Waals surface area contributed by atoms with Gasteiger partial charge in [0.1, 0.15) is 10.2 Å². The summed E-state index contributed by atoms with van der Waals surface area (Å²) < 4.78 is 13.8. The molecule has 0 saturated carbocycles. The number of benzene rings is 1. The summed E-state index contributed by atoms with van der Waals surface area (Å²) in [5, 5.41) is 0.468. The van der Waals surface area contributed by atoms with Crippen LogP contribution >= 0.6 is 34.5 Å². The Balaban J connectivity index is 2.55. The molecule has 0 atom stereocenters. The first kappa shape index (κ1) is 9.97. The Morgan fingerprint density at radius 2 is 1.86 bits per heavy atom. The summed E-state index contributed by atoms with van der Waals surface area (Å²) in [7, 11) is 0. The van der Waals surface area contributed by atoms with Crippen LogP contribution in [0.5, 0.6) is 0 Å². The van der Waals surface area contributed by atoms with Crippen molar-refractivity contribution >= 4 is 34.5 Å². The normalized spacial score (nSPS) is 10.5. The molecule has 72 valence electrons. The first-order valence-electron chi connectivity index (χ1n) is 3.88. The van der Waals surface area contributed by atoms with E-state index in [0.717, 1.165) is 4.88 Å². The van der Waals surface area contributed by atoms with Gasteiger partial charge in [-0.1, -0.05) is 41.4 Å². The maximum Gasteiger partial charge on any atom is 0.131 e. The van der Waals surface area contributed by atoms with Gasteiger partial charge in [0.25, 0.3) is 0 Å². The minimum Gasteiger partial charge on any atom is -0.206 e. The van der Waals surface area contributed by atoms with E-state index in [1.807, 2.05) is 0 Å². The largest absolute Gasteiger partial charge is 0.206 e. The fourth-order valence-corrected chi connectivity index (χ4v) is 2.54. The maximum absolute atomic E-state index is 13.3. The van der Waals surface area contributed by atoms with Crippen molar-refractivity contribution in [1.29, 1.82) is 0 Å². The van der Waals surface area contributed by atoms with E-state index in [1.165, 1.54) is 17.4 Å². The molecule has 0 fully saturated rings. The lowest BCUT2D eigenvalue weighted by Gasteiger charge is -1.97. The van der Waals surface area contributed by atoms with Crippen LogP contribution in [0.15, 0.2) is 30.3 Å². The van der Waals surface area contributed by atoms with Gasteiger partial charge in [0.05, 0.1) is 5.02 Å². The van der Waals surface area contributed by atoms with Crippen molar-refractivity contribution < 1.29 is 4.39 Å². The second-order valence-corrected chi connectivity index (χ2v) is 4.77. The molecule has 4 heteroatoms. The third kappa shape index (κ3) is 1.78. The van der Waals surface area contributed by atoms with Crippen molar-refractivity contribution in [2.24, 2.45) is 0 Å². The second kappa shape index (κ2) is 3.89. The van der Waals surface area contributed by atoms with Gasteiger partial charge in [-0.3, -0.25) is 0 Å². The number of hydrogen-bond acceptors (Lipinski definition) is 1. The van der Waals surface area contributed by atoms with Crippen LogP contribution in [0.2, 0.25) is 9.36 Å². The third-order valence-corrected chi connectivity index (χ3v) is 3.68. The Morgan fingerprint density at radius 3 is 2.43 bits per heavy atom. The predicted molar refractivity (Wildman–Crippen MR) is 59.7 cm³/mol. The van der Waals surface area contributed by atoms with Crippen LogP contribution in [0.25, 0.3) is 10.4 Å². The van der Waals surface area contributed by atoms with Crippen molar-refractivity contribution in [2.75, 3.05) is 0 Å². The molecule has 0 N–H and O–H groups in total. The Kier molecular flexibility index (Phi) is 2.77. The third-order valence-electron chi connectivity index (χ3n) is 1.78. The number of halogens is 3. The van der Waals surface area contributed by atoms with Crippen molar-refractivity contribution in [3.63, 3.8) is 0 Å². The summed E-state index contributed by atoms with van der Waals surface area (Å²) in [4.78, 5) is 0.748. The first-order chi connectivity index (χ1) is 6.68. The smallest absolute Gasteiger partial charge is 0.131 e. The lowest BCUT2D eigenvalue weighted by molar-refractivity contribution is 0.631. The molecule has 0 aliphatic carbocycles. The highest BCUT2D eigenvalue weighted by atomic mass is 35.5. The van der Waals surface area contributed by atoms with Gasteiger partial charge in [-0.25, -0.2) is 4.39 Å². The molecule has 0 spiro atoms. The molecule has 0 nitrogen and oxygen atoms in total. The van der Waals surface area contributed by atoms with Crippen molar-refractivity contribution in [1.82, 2.24) is 0 Å². The monoisotopic (exact) mass is 246 g/mol. The summed E-state index contributed by atoms with van der Waals surface area (Å²) in [6.45, 7) is 0. The molecule has 1 heterocycles. The average molecular weight is 247 g/mol. The molecule has 0 aliphatic heterocycles. The van der Waals surface area contributed by atoms with Crippen LogP contribution in [0.3, 0.4) is 0 Å². The van der Waals surface area contributed by atoms with Gasteiger partial charge >= 0.3 is 0 Å². The van der Waals surface area contributed by atoms with Crippen LogP contribution in [0.1, 0.15) is 0 Å². The molecule has 2 rings (SSSR count). The van der Waals surface area contributed by atoms with Gasteiger partial charge in [-0.15, -0.1) is 11.3 Å². The van der Waals surface area contributed by atoms with E-state index in [1.54, 1.807) is 24.3 Å². The summed E-state index contributed by atoms with van der Waals surface area (Å²) in [6.07, 6.45) is 0. The SMILES string of the molecule is Fc1ccccc1-c1cc(Cl)c(Cl)s1. The molecular formula is C10H5Cl2FS. The van der Waals surface area contributed by atoms with E-state index in [4.69, 9.17) is 23.2 Å². The van der Waals surface area contributed by atoms with E-state index >= 15 is 0 Å². The summed E-state index contributed by atoms with van der Waals surface area (Å²) in [5.41, 5.74) is 0.534. The Labute approximate surface area is 94.9 Å².